The Bertz CT molecular complexity index is 304. The Morgan fingerprint density at radius 2 is 1.58 bits per heavy atom. The molecule has 1 aliphatic heterocycles. The fourth-order valence-corrected chi connectivity index (χ4v) is 3.28. The third kappa shape index (κ3) is 3.75. The van der Waals surface area contributed by atoms with E-state index in [1.165, 1.54) is 12.8 Å². The first-order valence-corrected chi connectivity index (χ1v) is 7.04. The number of halogens is 2. The van der Waals surface area contributed by atoms with Gasteiger partial charge in [0.25, 0.3) is 0 Å². The number of carbonyl (C=O) groups excluding carboxylic acids is 1. The number of hydrogen-bond acceptors (Lipinski definition) is 3. The first-order chi connectivity index (χ1) is 8.25. The zero-order valence-electron chi connectivity index (χ0n) is 11.3. The van der Waals surface area contributed by atoms with Crippen LogP contribution in [0.4, 0.5) is 0 Å². The molecule has 1 saturated heterocycles. The molecule has 0 aromatic rings. The Kier molecular flexibility index (Phi) is 6.37. The highest BCUT2D eigenvalue weighted by molar-refractivity contribution is 5.85. The molecule has 2 N–H and O–H groups in total. The monoisotopic (exact) mass is 309 g/mol. The number of rotatable bonds is 2. The van der Waals surface area contributed by atoms with Crippen LogP contribution in [-0.2, 0) is 4.79 Å². The second-order valence-corrected chi connectivity index (χ2v) is 5.79. The lowest BCUT2D eigenvalue weighted by Gasteiger charge is -2.36. The van der Waals surface area contributed by atoms with Crippen LogP contribution in [-0.4, -0.2) is 54.0 Å². The maximum atomic E-state index is 12.3. The van der Waals surface area contributed by atoms with E-state index in [4.69, 9.17) is 5.73 Å². The second kappa shape index (κ2) is 7.11. The van der Waals surface area contributed by atoms with Crippen molar-refractivity contribution in [3.8, 4) is 0 Å². The Morgan fingerprint density at radius 3 is 2.05 bits per heavy atom. The lowest BCUT2D eigenvalue weighted by atomic mass is 10.0. The SMILES string of the molecule is Cl.Cl.NC1CCCC1C(=O)N1CCN(C2CC2)CC1. The Labute approximate surface area is 127 Å². The van der Waals surface area contributed by atoms with E-state index in [2.05, 4.69) is 9.80 Å². The van der Waals surface area contributed by atoms with Gasteiger partial charge in [0.1, 0.15) is 0 Å². The predicted octanol–water partition coefficient (Wildman–Crippen LogP) is 1.26. The number of carbonyl (C=O) groups is 1. The normalized spacial score (nSPS) is 31.5. The molecule has 4 nitrogen and oxygen atoms in total. The molecular formula is C13H25Cl2N3O. The molecule has 0 spiro atoms. The maximum absolute atomic E-state index is 12.3. The van der Waals surface area contributed by atoms with Crippen LogP contribution in [0.5, 0.6) is 0 Å². The van der Waals surface area contributed by atoms with Gasteiger partial charge in [0.15, 0.2) is 0 Å². The summed E-state index contributed by atoms with van der Waals surface area (Å²) in [5, 5.41) is 0. The summed E-state index contributed by atoms with van der Waals surface area (Å²) >= 11 is 0. The zero-order valence-corrected chi connectivity index (χ0v) is 12.9. The van der Waals surface area contributed by atoms with Gasteiger partial charge < -0.3 is 10.6 Å². The summed E-state index contributed by atoms with van der Waals surface area (Å²) in [6.07, 6.45) is 5.88. The molecule has 112 valence electrons. The average Bonchev–Trinajstić information content (AvgIpc) is 3.12. The van der Waals surface area contributed by atoms with Gasteiger partial charge in [0.2, 0.25) is 5.91 Å². The summed E-state index contributed by atoms with van der Waals surface area (Å²) in [6.45, 7) is 3.97. The molecule has 0 aromatic heterocycles. The third-order valence-corrected chi connectivity index (χ3v) is 4.58. The van der Waals surface area contributed by atoms with Gasteiger partial charge >= 0.3 is 0 Å². The first-order valence-electron chi connectivity index (χ1n) is 7.04. The van der Waals surface area contributed by atoms with Crippen LogP contribution in [0.1, 0.15) is 32.1 Å². The number of nitrogens with two attached hydrogens (primary N) is 1. The molecule has 3 fully saturated rings. The lowest BCUT2D eigenvalue weighted by Crippen LogP contribution is -2.52. The van der Waals surface area contributed by atoms with E-state index in [0.29, 0.717) is 5.91 Å². The summed E-state index contributed by atoms with van der Waals surface area (Å²) < 4.78 is 0. The summed E-state index contributed by atoms with van der Waals surface area (Å²) in [4.78, 5) is 16.9. The van der Waals surface area contributed by atoms with Crippen LogP contribution in [0.15, 0.2) is 0 Å². The van der Waals surface area contributed by atoms with Crippen molar-refractivity contribution < 1.29 is 4.79 Å². The summed E-state index contributed by atoms with van der Waals surface area (Å²) in [6, 6.07) is 0.949. The molecule has 0 bridgehead atoms. The molecule has 2 unspecified atom stereocenters. The largest absolute Gasteiger partial charge is 0.340 e. The minimum absolute atomic E-state index is 0. The van der Waals surface area contributed by atoms with Crippen LogP contribution in [0.3, 0.4) is 0 Å². The Balaban J connectivity index is 0.000000902. The van der Waals surface area contributed by atoms with Gasteiger partial charge in [-0.05, 0) is 25.7 Å². The van der Waals surface area contributed by atoms with E-state index in [0.717, 1.165) is 51.5 Å². The van der Waals surface area contributed by atoms with Crippen molar-refractivity contribution in [1.82, 2.24) is 9.80 Å². The summed E-state index contributed by atoms with van der Waals surface area (Å²) in [5.41, 5.74) is 6.01. The average molecular weight is 310 g/mol. The number of nitrogens with zero attached hydrogens (tertiary/aromatic N) is 2. The van der Waals surface area contributed by atoms with E-state index in [1.54, 1.807) is 0 Å². The first kappa shape index (κ1) is 17.0. The molecule has 3 aliphatic rings. The fourth-order valence-electron chi connectivity index (χ4n) is 3.28. The molecule has 6 heteroatoms. The second-order valence-electron chi connectivity index (χ2n) is 5.79. The molecule has 2 saturated carbocycles. The van der Waals surface area contributed by atoms with Crippen molar-refractivity contribution in [2.45, 2.75) is 44.2 Å². The minimum atomic E-state index is 0. The topological polar surface area (TPSA) is 49.6 Å². The van der Waals surface area contributed by atoms with Gasteiger partial charge in [0, 0.05) is 38.3 Å². The van der Waals surface area contributed by atoms with Crippen molar-refractivity contribution in [1.29, 1.82) is 0 Å². The minimum Gasteiger partial charge on any atom is -0.340 e. The maximum Gasteiger partial charge on any atom is 0.227 e. The fraction of sp³-hybridized carbons (Fsp3) is 0.923. The molecule has 0 radical (unpaired) electrons. The smallest absolute Gasteiger partial charge is 0.227 e. The molecule has 1 amide bonds. The predicted molar refractivity (Wildman–Crippen MR) is 81.0 cm³/mol. The summed E-state index contributed by atoms with van der Waals surface area (Å²) in [7, 11) is 0. The van der Waals surface area contributed by atoms with E-state index >= 15 is 0 Å². The molecule has 2 atom stereocenters. The van der Waals surface area contributed by atoms with Crippen molar-refractivity contribution in [3.05, 3.63) is 0 Å². The van der Waals surface area contributed by atoms with Crippen LogP contribution < -0.4 is 5.73 Å². The highest BCUT2D eigenvalue weighted by Gasteiger charge is 2.36. The van der Waals surface area contributed by atoms with Gasteiger partial charge in [-0.25, -0.2) is 0 Å². The highest BCUT2D eigenvalue weighted by atomic mass is 35.5. The Hall–Kier alpha value is -0.0300. The van der Waals surface area contributed by atoms with Crippen LogP contribution in [0.25, 0.3) is 0 Å². The van der Waals surface area contributed by atoms with Crippen molar-refractivity contribution >= 4 is 30.7 Å². The lowest BCUT2D eigenvalue weighted by molar-refractivity contribution is -0.137. The quantitative estimate of drug-likeness (QED) is 0.835. The summed E-state index contributed by atoms with van der Waals surface area (Å²) in [5.74, 6) is 0.438. The molecule has 0 aromatic carbocycles. The Morgan fingerprint density at radius 1 is 0.947 bits per heavy atom. The van der Waals surface area contributed by atoms with E-state index in [9.17, 15) is 4.79 Å². The number of hydrogen-bond donors (Lipinski definition) is 1. The van der Waals surface area contributed by atoms with Crippen LogP contribution >= 0.6 is 24.8 Å². The van der Waals surface area contributed by atoms with E-state index in [-0.39, 0.29) is 36.8 Å². The van der Waals surface area contributed by atoms with Gasteiger partial charge in [-0.1, -0.05) is 6.42 Å². The molecule has 1 heterocycles. The van der Waals surface area contributed by atoms with Crippen molar-refractivity contribution in [2.24, 2.45) is 11.7 Å². The van der Waals surface area contributed by atoms with Crippen LogP contribution in [0.2, 0.25) is 0 Å². The highest BCUT2D eigenvalue weighted by Crippen LogP contribution is 2.29. The standard InChI is InChI=1S/C13H23N3O.2ClH/c14-12-3-1-2-11(12)13(17)16-8-6-15(7-9-16)10-4-5-10;;/h10-12H,1-9,14H2;2*1H. The van der Waals surface area contributed by atoms with Gasteiger partial charge in [0.05, 0.1) is 5.92 Å². The molecule has 19 heavy (non-hydrogen) atoms. The van der Waals surface area contributed by atoms with Gasteiger partial charge in [-0.15, -0.1) is 24.8 Å². The van der Waals surface area contributed by atoms with Crippen LogP contribution in [0, 0.1) is 5.92 Å². The zero-order chi connectivity index (χ0) is 11.8. The number of amides is 1. The van der Waals surface area contributed by atoms with E-state index < -0.39 is 0 Å². The molecule has 2 aliphatic carbocycles. The van der Waals surface area contributed by atoms with E-state index in [1.807, 2.05) is 0 Å². The van der Waals surface area contributed by atoms with Crippen molar-refractivity contribution in [3.63, 3.8) is 0 Å². The van der Waals surface area contributed by atoms with Crippen molar-refractivity contribution in [2.75, 3.05) is 26.2 Å². The third-order valence-electron chi connectivity index (χ3n) is 4.58. The molecule has 3 rings (SSSR count). The van der Waals surface area contributed by atoms with Gasteiger partial charge in [-0.2, -0.15) is 0 Å². The number of piperazine rings is 1. The molecular weight excluding hydrogens is 285 g/mol. The van der Waals surface area contributed by atoms with Gasteiger partial charge in [-0.3, -0.25) is 9.69 Å².